The fraction of sp³-hybridized carbons (Fsp3) is 0.562. The number of nitrogens with one attached hydrogen (secondary N) is 1. The Balaban J connectivity index is 1.93. The van der Waals surface area contributed by atoms with E-state index in [4.69, 9.17) is 0 Å². The Kier molecular flexibility index (Phi) is 4.57. The van der Waals surface area contributed by atoms with Crippen molar-refractivity contribution in [2.24, 2.45) is 0 Å². The molecule has 1 unspecified atom stereocenters. The van der Waals surface area contributed by atoms with Crippen LogP contribution in [-0.2, 0) is 0 Å². The van der Waals surface area contributed by atoms with Crippen LogP contribution in [0.4, 0.5) is 0 Å². The minimum absolute atomic E-state index is 0.0138. The van der Waals surface area contributed by atoms with E-state index in [0.29, 0.717) is 0 Å². The molecule has 1 heterocycles. The monoisotopic (exact) mass is 257 g/mol. The molecule has 1 aliphatic heterocycles. The van der Waals surface area contributed by atoms with Gasteiger partial charge in [-0.2, -0.15) is 5.26 Å². The lowest BCUT2D eigenvalue weighted by Gasteiger charge is -2.39. The molecule has 0 aromatic heterocycles. The van der Waals surface area contributed by atoms with Gasteiger partial charge in [0.15, 0.2) is 0 Å². The summed E-state index contributed by atoms with van der Waals surface area (Å²) in [6.45, 7) is 5.27. The first-order chi connectivity index (χ1) is 9.17. The molecule has 1 fully saturated rings. The smallest absolute Gasteiger partial charge is 0.0839 e. The average molecular weight is 257 g/mol. The lowest BCUT2D eigenvalue weighted by molar-refractivity contribution is 0.150. The number of nitriles is 1. The lowest BCUT2D eigenvalue weighted by atomic mass is 9.89. The molecular formula is C16H23N3. The van der Waals surface area contributed by atoms with Gasteiger partial charge in [-0.1, -0.05) is 30.3 Å². The van der Waals surface area contributed by atoms with Gasteiger partial charge in [0, 0.05) is 12.1 Å². The van der Waals surface area contributed by atoms with Crippen molar-refractivity contribution in [3.63, 3.8) is 0 Å². The molecule has 102 valence electrons. The highest BCUT2D eigenvalue weighted by Gasteiger charge is 2.29. The van der Waals surface area contributed by atoms with Gasteiger partial charge in [-0.05, 0) is 45.5 Å². The molecule has 0 radical (unpaired) electrons. The van der Waals surface area contributed by atoms with Crippen molar-refractivity contribution >= 4 is 0 Å². The maximum absolute atomic E-state index is 9.37. The number of piperidine rings is 1. The zero-order valence-corrected chi connectivity index (χ0v) is 11.9. The summed E-state index contributed by atoms with van der Waals surface area (Å²) in [7, 11) is 2.04. The predicted octanol–water partition coefficient (Wildman–Crippen LogP) is 2.37. The van der Waals surface area contributed by atoms with Crippen molar-refractivity contribution < 1.29 is 0 Å². The predicted molar refractivity (Wildman–Crippen MR) is 77.9 cm³/mol. The van der Waals surface area contributed by atoms with Crippen LogP contribution in [0, 0.1) is 11.3 Å². The van der Waals surface area contributed by atoms with E-state index in [0.717, 1.165) is 38.0 Å². The molecule has 1 aromatic carbocycles. The van der Waals surface area contributed by atoms with Crippen LogP contribution in [0.3, 0.4) is 0 Å². The molecule has 1 aromatic rings. The Morgan fingerprint density at radius 3 is 2.47 bits per heavy atom. The first-order valence-corrected chi connectivity index (χ1v) is 7.03. The summed E-state index contributed by atoms with van der Waals surface area (Å²) in [5, 5.41) is 12.8. The minimum atomic E-state index is -0.0138. The van der Waals surface area contributed by atoms with E-state index >= 15 is 0 Å². The summed E-state index contributed by atoms with van der Waals surface area (Å²) in [5.74, 6) is -0.0138. The van der Waals surface area contributed by atoms with Crippen LogP contribution in [0.5, 0.6) is 0 Å². The molecule has 1 atom stereocenters. The quantitative estimate of drug-likeness (QED) is 0.900. The second-order valence-corrected chi connectivity index (χ2v) is 5.70. The summed E-state index contributed by atoms with van der Waals surface area (Å²) in [4.78, 5) is 2.42. The largest absolute Gasteiger partial charge is 0.314 e. The van der Waals surface area contributed by atoms with Gasteiger partial charge in [-0.3, -0.25) is 0 Å². The topological polar surface area (TPSA) is 39.1 Å². The van der Waals surface area contributed by atoms with Crippen LogP contribution in [-0.4, -0.2) is 37.1 Å². The van der Waals surface area contributed by atoms with Gasteiger partial charge in [0.25, 0.3) is 0 Å². The minimum Gasteiger partial charge on any atom is -0.314 e. The number of hydrogen-bond donors (Lipinski definition) is 1. The van der Waals surface area contributed by atoms with Crippen molar-refractivity contribution in [3.05, 3.63) is 35.9 Å². The van der Waals surface area contributed by atoms with E-state index in [-0.39, 0.29) is 11.5 Å². The molecule has 0 amide bonds. The Labute approximate surface area is 116 Å². The summed E-state index contributed by atoms with van der Waals surface area (Å²) < 4.78 is 0. The third-order valence-electron chi connectivity index (χ3n) is 4.36. The Hall–Kier alpha value is -1.37. The first kappa shape index (κ1) is 14.0. The van der Waals surface area contributed by atoms with Crippen molar-refractivity contribution in [2.45, 2.75) is 31.2 Å². The SMILES string of the molecule is CNC1(C)CCN(CC(C#N)c2ccccc2)CC1. The zero-order chi connectivity index (χ0) is 13.7. The van der Waals surface area contributed by atoms with Gasteiger partial charge in [0.1, 0.15) is 0 Å². The van der Waals surface area contributed by atoms with Gasteiger partial charge < -0.3 is 10.2 Å². The fourth-order valence-corrected chi connectivity index (χ4v) is 2.64. The van der Waals surface area contributed by atoms with Crippen LogP contribution in [0.2, 0.25) is 0 Å². The van der Waals surface area contributed by atoms with Crippen LogP contribution in [0.15, 0.2) is 30.3 Å². The zero-order valence-electron chi connectivity index (χ0n) is 11.9. The van der Waals surface area contributed by atoms with Crippen molar-refractivity contribution in [3.8, 4) is 6.07 Å². The maximum atomic E-state index is 9.37. The molecule has 0 saturated carbocycles. The molecule has 0 bridgehead atoms. The van der Waals surface area contributed by atoms with Gasteiger partial charge >= 0.3 is 0 Å². The third-order valence-corrected chi connectivity index (χ3v) is 4.36. The van der Waals surface area contributed by atoms with Crippen LogP contribution >= 0.6 is 0 Å². The standard InChI is InChI=1S/C16H23N3/c1-16(18-2)8-10-19(11-9-16)13-15(12-17)14-6-4-3-5-7-14/h3-7,15,18H,8-11,13H2,1-2H3. The Morgan fingerprint density at radius 1 is 1.32 bits per heavy atom. The van der Waals surface area contributed by atoms with Gasteiger partial charge in [-0.25, -0.2) is 0 Å². The molecule has 0 aliphatic carbocycles. The van der Waals surface area contributed by atoms with Crippen LogP contribution < -0.4 is 5.32 Å². The van der Waals surface area contributed by atoms with E-state index < -0.39 is 0 Å². The average Bonchev–Trinajstić information content (AvgIpc) is 2.48. The van der Waals surface area contributed by atoms with Crippen molar-refractivity contribution in [2.75, 3.05) is 26.7 Å². The highest BCUT2D eigenvalue weighted by Crippen LogP contribution is 2.24. The van der Waals surface area contributed by atoms with Gasteiger partial charge in [-0.15, -0.1) is 0 Å². The molecule has 1 aliphatic rings. The van der Waals surface area contributed by atoms with Gasteiger partial charge in [0.2, 0.25) is 0 Å². The van der Waals surface area contributed by atoms with Gasteiger partial charge in [0.05, 0.1) is 12.0 Å². The number of rotatable bonds is 4. The molecule has 3 heteroatoms. The highest BCUT2D eigenvalue weighted by atomic mass is 15.1. The van der Waals surface area contributed by atoms with Crippen LogP contribution in [0.1, 0.15) is 31.2 Å². The Morgan fingerprint density at radius 2 is 1.95 bits per heavy atom. The second kappa shape index (κ2) is 6.18. The molecule has 3 nitrogen and oxygen atoms in total. The number of benzene rings is 1. The number of nitrogens with zero attached hydrogens (tertiary/aromatic N) is 2. The van der Waals surface area contributed by atoms with E-state index in [9.17, 15) is 5.26 Å². The van der Waals surface area contributed by atoms with E-state index in [1.165, 1.54) is 0 Å². The second-order valence-electron chi connectivity index (χ2n) is 5.70. The first-order valence-electron chi connectivity index (χ1n) is 7.03. The normalized spacial score (nSPS) is 20.7. The molecule has 1 saturated heterocycles. The summed E-state index contributed by atoms with van der Waals surface area (Å²) in [6, 6.07) is 12.6. The Bertz CT molecular complexity index is 427. The number of likely N-dealkylation sites (tertiary alicyclic amines) is 1. The molecule has 0 spiro atoms. The van der Waals surface area contributed by atoms with E-state index in [1.807, 2.05) is 25.2 Å². The highest BCUT2D eigenvalue weighted by molar-refractivity contribution is 5.25. The fourth-order valence-electron chi connectivity index (χ4n) is 2.64. The lowest BCUT2D eigenvalue weighted by Crippen LogP contribution is -2.50. The third kappa shape index (κ3) is 3.56. The number of hydrogen-bond acceptors (Lipinski definition) is 3. The molecule has 2 rings (SSSR count). The summed E-state index contributed by atoms with van der Waals surface area (Å²) >= 11 is 0. The molecule has 19 heavy (non-hydrogen) atoms. The van der Waals surface area contributed by atoms with Crippen LogP contribution in [0.25, 0.3) is 0 Å². The van der Waals surface area contributed by atoms with E-state index in [1.54, 1.807) is 0 Å². The maximum Gasteiger partial charge on any atom is 0.0839 e. The summed E-state index contributed by atoms with van der Waals surface area (Å²) in [6.07, 6.45) is 2.30. The summed E-state index contributed by atoms with van der Waals surface area (Å²) in [5.41, 5.74) is 1.40. The van der Waals surface area contributed by atoms with Crippen molar-refractivity contribution in [1.29, 1.82) is 5.26 Å². The molecular weight excluding hydrogens is 234 g/mol. The van der Waals surface area contributed by atoms with E-state index in [2.05, 4.69) is 35.3 Å². The molecule has 1 N–H and O–H groups in total. The van der Waals surface area contributed by atoms with Crippen molar-refractivity contribution in [1.82, 2.24) is 10.2 Å².